The van der Waals surface area contributed by atoms with Crippen LogP contribution in [0.2, 0.25) is 0 Å². The highest BCUT2D eigenvalue weighted by Crippen LogP contribution is 2.28. The summed E-state index contributed by atoms with van der Waals surface area (Å²) in [5.41, 5.74) is 0.942. The van der Waals surface area contributed by atoms with Crippen molar-refractivity contribution < 1.29 is 4.52 Å². The number of piperidine rings is 1. The summed E-state index contributed by atoms with van der Waals surface area (Å²) in [7, 11) is 0. The van der Waals surface area contributed by atoms with Gasteiger partial charge in [-0.2, -0.15) is 4.98 Å². The van der Waals surface area contributed by atoms with Gasteiger partial charge in [0.05, 0.1) is 6.04 Å². The molecule has 1 saturated heterocycles. The number of aromatic nitrogens is 3. The van der Waals surface area contributed by atoms with E-state index in [0.717, 1.165) is 24.6 Å². The molecule has 0 aromatic carbocycles. The zero-order valence-electron chi connectivity index (χ0n) is 12.7. The lowest BCUT2D eigenvalue weighted by atomic mass is 9.95. The third kappa shape index (κ3) is 3.13. The number of hydrogen-bond donors (Lipinski definition) is 0. The molecule has 0 unspecified atom stereocenters. The highest BCUT2D eigenvalue weighted by molar-refractivity contribution is 5.52. The summed E-state index contributed by atoms with van der Waals surface area (Å²) in [5, 5.41) is 4.10. The van der Waals surface area contributed by atoms with E-state index < -0.39 is 0 Å². The van der Waals surface area contributed by atoms with Crippen LogP contribution in [0.1, 0.15) is 45.0 Å². The zero-order chi connectivity index (χ0) is 14.7. The summed E-state index contributed by atoms with van der Waals surface area (Å²) in [6.07, 6.45) is 7.33. The van der Waals surface area contributed by atoms with Gasteiger partial charge in [0.15, 0.2) is 0 Å². The molecule has 1 fully saturated rings. The van der Waals surface area contributed by atoms with Gasteiger partial charge in [-0.05, 0) is 44.4 Å². The molecular formula is C16H22N4O. The van der Waals surface area contributed by atoms with Crippen LogP contribution in [-0.2, 0) is 0 Å². The van der Waals surface area contributed by atoms with Crippen molar-refractivity contribution in [2.75, 3.05) is 13.1 Å². The summed E-state index contributed by atoms with van der Waals surface area (Å²) >= 11 is 0. The van der Waals surface area contributed by atoms with Crippen molar-refractivity contribution in [2.45, 2.75) is 39.2 Å². The van der Waals surface area contributed by atoms with Crippen molar-refractivity contribution in [3.05, 3.63) is 30.4 Å². The molecule has 3 rings (SSSR count). The third-order valence-electron chi connectivity index (χ3n) is 4.41. The Labute approximate surface area is 125 Å². The summed E-state index contributed by atoms with van der Waals surface area (Å²) in [5.74, 6) is 2.14. The van der Waals surface area contributed by atoms with Gasteiger partial charge in [-0.1, -0.05) is 18.5 Å². The average molecular weight is 286 g/mol. The lowest BCUT2D eigenvalue weighted by molar-refractivity contribution is 0.109. The zero-order valence-corrected chi connectivity index (χ0v) is 12.7. The van der Waals surface area contributed by atoms with Crippen molar-refractivity contribution in [3.8, 4) is 11.4 Å². The first-order valence-corrected chi connectivity index (χ1v) is 7.76. The summed E-state index contributed by atoms with van der Waals surface area (Å²) in [6, 6.07) is 3.98. The Morgan fingerprint density at radius 3 is 2.95 bits per heavy atom. The number of pyridine rings is 1. The van der Waals surface area contributed by atoms with E-state index in [-0.39, 0.29) is 6.04 Å². The van der Waals surface area contributed by atoms with E-state index in [1.807, 2.05) is 12.1 Å². The fraction of sp³-hybridized carbons (Fsp3) is 0.562. The molecule has 0 spiro atoms. The SMILES string of the molecule is CC[C@@H]1CCCN([C@H](C)c2nc(-c3ccncc3)no2)C1. The molecule has 3 heterocycles. The molecule has 1 aliphatic heterocycles. The normalized spacial score (nSPS) is 21.3. The van der Waals surface area contributed by atoms with E-state index in [0.29, 0.717) is 11.7 Å². The molecule has 0 amide bonds. The number of hydrogen-bond acceptors (Lipinski definition) is 5. The first kappa shape index (κ1) is 14.2. The number of nitrogens with zero attached hydrogens (tertiary/aromatic N) is 4. The standard InChI is InChI=1S/C16H22N4O/c1-3-13-5-4-10-20(11-13)12(2)16-18-15(19-21-16)14-6-8-17-9-7-14/h6-9,12-13H,3-5,10-11H2,1-2H3/t12-,13-/m1/s1. The average Bonchev–Trinajstić information content (AvgIpc) is 3.05. The molecule has 2 aromatic heterocycles. The largest absolute Gasteiger partial charge is 0.337 e. The van der Waals surface area contributed by atoms with E-state index in [4.69, 9.17) is 4.52 Å². The van der Waals surface area contributed by atoms with Gasteiger partial charge in [0.2, 0.25) is 11.7 Å². The van der Waals surface area contributed by atoms with Gasteiger partial charge in [0.1, 0.15) is 0 Å². The molecule has 21 heavy (non-hydrogen) atoms. The van der Waals surface area contributed by atoms with Gasteiger partial charge in [0.25, 0.3) is 0 Å². The van der Waals surface area contributed by atoms with Crippen LogP contribution in [0.15, 0.2) is 29.0 Å². The van der Waals surface area contributed by atoms with Crippen LogP contribution in [-0.4, -0.2) is 33.1 Å². The molecule has 5 heteroatoms. The fourth-order valence-corrected chi connectivity index (χ4v) is 2.96. The van der Waals surface area contributed by atoms with E-state index >= 15 is 0 Å². The molecular weight excluding hydrogens is 264 g/mol. The molecule has 2 aromatic rings. The molecule has 0 radical (unpaired) electrons. The smallest absolute Gasteiger partial charge is 0.244 e. The first-order chi connectivity index (χ1) is 10.3. The van der Waals surface area contributed by atoms with Crippen molar-refractivity contribution in [3.63, 3.8) is 0 Å². The minimum atomic E-state index is 0.183. The maximum Gasteiger partial charge on any atom is 0.244 e. The minimum absolute atomic E-state index is 0.183. The molecule has 0 bridgehead atoms. The minimum Gasteiger partial charge on any atom is -0.337 e. The van der Waals surface area contributed by atoms with Crippen molar-refractivity contribution in [1.29, 1.82) is 0 Å². The lowest BCUT2D eigenvalue weighted by Gasteiger charge is -2.34. The van der Waals surface area contributed by atoms with E-state index in [1.54, 1.807) is 12.4 Å². The Morgan fingerprint density at radius 2 is 2.19 bits per heavy atom. The van der Waals surface area contributed by atoms with Crippen LogP contribution in [0.4, 0.5) is 0 Å². The highest BCUT2D eigenvalue weighted by Gasteiger charge is 2.26. The van der Waals surface area contributed by atoms with Crippen LogP contribution in [0, 0.1) is 5.92 Å². The number of likely N-dealkylation sites (tertiary alicyclic amines) is 1. The molecule has 0 N–H and O–H groups in total. The second kappa shape index (κ2) is 6.35. The Morgan fingerprint density at radius 1 is 1.38 bits per heavy atom. The van der Waals surface area contributed by atoms with Gasteiger partial charge in [0, 0.05) is 24.5 Å². The molecule has 2 atom stereocenters. The lowest BCUT2D eigenvalue weighted by Crippen LogP contribution is -2.37. The topological polar surface area (TPSA) is 55.1 Å². The monoisotopic (exact) mass is 286 g/mol. The second-order valence-electron chi connectivity index (χ2n) is 5.78. The summed E-state index contributed by atoms with van der Waals surface area (Å²) in [4.78, 5) is 11.0. The van der Waals surface area contributed by atoms with Crippen molar-refractivity contribution >= 4 is 0 Å². The fourth-order valence-electron chi connectivity index (χ4n) is 2.96. The van der Waals surface area contributed by atoms with Gasteiger partial charge in [-0.15, -0.1) is 0 Å². The third-order valence-corrected chi connectivity index (χ3v) is 4.41. The first-order valence-electron chi connectivity index (χ1n) is 7.76. The van der Waals surface area contributed by atoms with Crippen molar-refractivity contribution in [2.24, 2.45) is 5.92 Å². The van der Waals surface area contributed by atoms with Crippen LogP contribution in [0.5, 0.6) is 0 Å². The Hall–Kier alpha value is -1.75. The number of rotatable bonds is 4. The van der Waals surface area contributed by atoms with Crippen LogP contribution < -0.4 is 0 Å². The quantitative estimate of drug-likeness (QED) is 0.863. The predicted octanol–water partition coefficient (Wildman–Crippen LogP) is 3.31. The van der Waals surface area contributed by atoms with Gasteiger partial charge >= 0.3 is 0 Å². The van der Waals surface area contributed by atoms with E-state index in [9.17, 15) is 0 Å². The van der Waals surface area contributed by atoms with Crippen molar-refractivity contribution in [1.82, 2.24) is 20.0 Å². The summed E-state index contributed by atoms with van der Waals surface area (Å²) in [6.45, 7) is 6.67. The molecule has 1 aliphatic rings. The second-order valence-corrected chi connectivity index (χ2v) is 5.78. The van der Waals surface area contributed by atoms with Crippen LogP contribution >= 0.6 is 0 Å². The van der Waals surface area contributed by atoms with E-state index in [1.165, 1.54) is 19.3 Å². The molecule has 112 valence electrons. The predicted molar refractivity (Wildman–Crippen MR) is 80.5 cm³/mol. The van der Waals surface area contributed by atoms with Crippen LogP contribution in [0.3, 0.4) is 0 Å². The molecule has 0 saturated carbocycles. The Bertz CT molecular complexity index is 569. The highest BCUT2D eigenvalue weighted by atomic mass is 16.5. The maximum atomic E-state index is 5.48. The Kier molecular flexibility index (Phi) is 4.29. The molecule has 5 nitrogen and oxygen atoms in total. The molecule has 0 aliphatic carbocycles. The van der Waals surface area contributed by atoms with Crippen LogP contribution in [0.25, 0.3) is 11.4 Å². The van der Waals surface area contributed by atoms with Gasteiger partial charge < -0.3 is 4.52 Å². The van der Waals surface area contributed by atoms with Gasteiger partial charge in [-0.25, -0.2) is 0 Å². The maximum absolute atomic E-state index is 5.48. The van der Waals surface area contributed by atoms with E-state index in [2.05, 4.69) is 33.9 Å². The van der Waals surface area contributed by atoms with Gasteiger partial charge in [-0.3, -0.25) is 9.88 Å². The Balaban J connectivity index is 1.73. The summed E-state index contributed by atoms with van der Waals surface area (Å²) < 4.78 is 5.48.